The van der Waals surface area contributed by atoms with Crippen LogP contribution in [0.5, 0.6) is 0 Å². The van der Waals surface area contributed by atoms with E-state index in [0.29, 0.717) is 22.2 Å². The molecule has 0 saturated heterocycles. The second-order valence-corrected chi connectivity index (χ2v) is 7.05. The zero-order chi connectivity index (χ0) is 18.5. The van der Waals surface area contributed by atoms with Crippen molar-refractivity contribution in [3.8, 4) is 17.5 Å². The molecular weight excluding hydrogens is 346 g/mol. The first kappa shape index (κ1) is 17.7. The highest BCUT2D eigenvalue weighted by molar-refractivity contribution is 8.00. The summed E-state index contributed by atoms with van der Waals surface area (Å²) in [7, 11) is 0. The Morgan fingerprint density at radius 3 is 2.69 bits per heavy atom. The molecule has 1 amide bonds. The van der Waals surface area contributed by atoms with Gasteiger partial charge in [-0.05, 0) is 26.0 Å². The van der Waals surface area contributed by atoms with E-state index in [2.05, 4.69) is 26.6 Å². The number of carbonyl (C=O) groups excluding carboxylic acids is 1. The van der Waals surface area contributed by atoms with E-state index < -0.39 is 5.25 Å². The fraction of sp³-hybridized carbons (Fsp3) is 0.158. The number of nitriles is 1. The maximum absolute atomic E-state index is 12.4. The minimum absolute atomic E-state index is 0.209. The number of hydrogen-bond acceptors (Lipinski definition) is 5. The number of rotatable bonds is 5. The van der Waals surface area contributed by atoms with Crippen LogP contribution in [0.2, 0.25) is 0 Å². The zero-order valence-electron chi connectivity index (χ0n) is 14.4. The maximum atomic E-state index is 12.4. The number of aryl methyl sites for hydroxylation is 1. The molecule has 2 aromatic carbocycles. The van der Waals surface area contributed by atoms with Crippen LogP contribution in [0.15, 0.2) is 53.7 Å². The molecule has 0 saturated carbocycles. The number of anilines is 1. The van der Waals surface area contributed by atoms with Crippen molar-refractivity contribution in [2.75, 3.05) is 5.32 Å². The molecule has 0 fully saturated rings. The first-order chi connectivity index (χ1) is 12.6. The molecule has 1 aromatic heterocycles. The van der Waals surface area contributed by atoms with E-state index >= 15 is 0 Å². The Bertz CT molecular complexity index is 959. The number of hydrogen-bond donors (Lipinski definition) is 2. The number of benzene rings is 2. The maximum Gasteiger partial charge on any atom is 0.237 e. The largest absolute Gasteiger partial charge is 0.324 e. The first-order valence-corrected chi connectivity index (χ1v) is 8.91. The normalized spacial score (nSPS) is 11.6. The van der Waals surface area contributed by atoms with E-state index in [0.717, 1.165) is 5.56 Å². The Morgan fingerprint density at radius 2 is 1.96 bits per heavy atom. The number of nitrogens with one attached hydrogen (secondary N) is 2. The van der Waals surface area contributed by atoms with Crippen molar-refractivity contribution in [1.29, 1.82) is 5.26 Å². The molecule has 2 N–H and O–H groups in total. The summed E-state index contributed by atoms with van der Waals surface area (Å²) in [5.74, 6) is 0.453. The lowest BCUT2D eigenvalue weighted by molar-refractivity contribution is -0.115. The minimum atomic E-state index is -0.414. The number of aromatic nitrogens is 3. The van der Waals surface area contributed by atoms with Crippen molar-refractivity contribution in [2.24, 2.45) is 0 Å². The van der Waals surface area contributed by atoms with Gasteiger partial charge < -0.3 is 5.32 Å². The van der Waals surface area contributed by atoms with Crippen LogP contribution in [0.4, 0.5) is 5.69 Å². The van der Waals surface area contributed by atoms with Crippen LogP contribution in [0.25, 0.3) is 11.4 Å². The van der Waals surface area contributed by atoms with Crippen LogP contribution < -0.4 is 5.32 Å². The first-order valence-electron chi connectivity index (χ1n) is 8.03. The molecule has 7 heteroatoms. The van der Waals surface area contributed by atoms with E-state index in [1.807, 2.05) is 31.2 Å². The molecule has 0 bridgehead atoms. The monoisotopic (exact) mass is 363 g/mol. The molecule has 1 atom stereocenters. The topological polar surface area (TPSA) is 94.5 Å². The van der Waals surface area contributed by atoms with Crippen molar-refractivity contribution >= 4 is 23.4 Å². The summed E-state index contributed by atoms with van der Waals surface area (Å²) in [6, 6.07) is 16.9. The summed E-state index contributed by atoms with van der Waals surface area (Å²) in [5, 5.41) is 19.0. The lowest BCUT2D eigenvalue weighted by Crippen LogP contribution is -2.23. The quantitative estimate of drug-likeness (QED) is 0.673. The summed E-state index contributed by atoms with van der Waals surface area (Å²) in [5.41, 5.74) is 3.04. The smallest absolute Gasteiger partial charge is 0.237 e. The summed E-state index contributed by atoms with van der Waals surface area (Å²) in [6.07, 6.45) is 0. The lowest BCUT2D eigenvalue weighted by atomic mass is 10.1. The molecule has 0 unspecified atom stereocenters. The molecule has 0 aliphatic rings. The number of carbonyl (C=O) groups is 1. The van der Waals surface area contributed by atoms with Crippen LogP contribution in [0.1, 0.15) is 18.1 Å². The van der Waals surface area contributed by atoms with Gasteiger partial charge in [-0.3, -0.25) is 9.89 Å². The molecule has 3 aromatic rings. The van der Waals surface area contributed by atoms with Gasteiger partial charge in [-0.1, -0.05) is 53.7 Å². The third-order valence-corrected chi connectivity index (χ3v) is 4.71. The van der Waals surface area contributed by atoms with E-state index in [4.69, 9.17) is 5.26 Å². The van der Waals surface area contributed by atoms with Crippen molar-refractivity contribution < 1.29 is 4.79 Å². The van der Waals surface area contributed by atoms with Gasteiger partial charge in [0, 0.05) is 5.56 Å². The summed E-state index contributed by atoms with van der Waals surface area (Å²) in [6.45, 7) is 3.80. The van der Waals surface area contributed by atoms with Crippen LogP contribution in [0.3, 0.4) is 0 Å². The third-order valence-electron chi connectivity index (χ3n) is 3.75. The van der Waals surface area contributed by atoms with Crippen LogP contribution in [-0.4, -0.2) is 26.3 Å². The average Bonchev–Trinajstić information content (AvgIpc) is 3.11. The third kappa shape index (κ3) is 4.10. The molecule has 0 spiro atoms. The lowest BCUT2D eigenvalue weighted by Gasteiger charge is -2.11. The number of thioether (sulfide) groups is 1. The molecule has 6 nitrogen and oxygen atoms in total. The minimum Gasteiger partial charge on any atom is -0.324 e. The molecular formula is C19H17N5OS. The van der Waals surface area contributed by atoms with Gasteiger partial charge in [0.05, 0.1) is 16.5 Å². The highest BCUT2D eigenvalue weighted by Gasteiger charge is 2.18. The molecule has 3 rings (SSSR count). The Kier molecular flexibility index (Phi) is 5.34. The molecule has 130 valence electrons. The van der Waals surface area contributed by atoms with Gasteiger partial charge in [-0.25, -0.2) is 4.98 Å². The Morgan fingerprint density at radius 1 is 1.23 bits per heavy atom. The van der Waals surface area contributed by atoms with E-state index in [-0.39, 0.29) is 5.91 Å². The second-order valence-electron chi connectivity index (χ2n) is 5.74. The van der Waals surface area contributed by atoms with Gasteiger partial charge in [0.2, 0.25) is 11.1 Å². The van der Waals surface area contributed by atoms with Crippen molar-refractivity contribution in [1.82, 2.24) is 15.2 Å². The number of nitrogens with zero attached hydrogens (tertiary/aromatic N) is 3. The summed E-state index contributed by atoms with van der Waals surface area (Å²) >= 11 is 1.25. The van der Waals surface area contributed by atoms with Gasteiger partial charge in [-0.15, -0.1) is 5.10 Å². The highest BCUT2D eigenvalue weighted by Crippen LogP contribution is 2.24. The van der Waals surface area contributed by atoms with E-state index in [9.17, 15) is 4.79 Å². The Hall–Kier alpha value is -3.11. The molecule has 26 heavy (non-hydrogen) atoms. The summed E-state index contributed by atoms with van der Waals surface area (Å²) in [4.78, 5) is 16.8. The standard InChI is InChI=1S/C19H17N5OS/c1-12-7-9-14(10-8-12)17-22-19(24-23-17)26-13(2)18(25)21-16-6-4-3-5-15(16)11-20/h3-10,13H,1-2H3,(H,21,25)(H,22,23,24)/t13-/m1/s1. The van der Waals surface area contributed by atoms with Gasteiger partial charge in [0.15, 0.2) is 5.82 Å². The Labute approximate surface area is 155 Å². The van der Waals surface area contributed by atoms with Gasteiger partial charge >= 0.3 is 0 Å². The number of para-hydroxylation sites is 1. The van der Waals surface area contributed by atoms with Crippen LogP contribution in [0, 0.1) is 18.3 Å². The van der Waals surface area contributed by atoms with Crippen molar-refractivity contribution in [3.05, 3.63) is 59.7 Å². The molecule has 0 aliphatic heterocycles. The van der Waals surface area contributed by atoms with E-state index in [1.165, 1.54) is 17.3 Å². The van der Waals surface area contributed by atoms with Gasteiger partial charge in [-0.2, -0.15) is 5.26 Å². The highest BCUT2D eigenvalue weighted by atomic mass is 32.2. The summed E-state index contributed by atoms with van der Waals surface area (Å²) < 4.78 is 0. The van der Waals surface area contributed by atoms with E-state index in [1.54, 1.807) is 31.2 Å². The molecule has 0 radical (unpaired) electrons. The van der Waals surface area contributed by atoms with Crippen molar-refractivity contribution in [3.63, 3.8) is 0 Å². The predicted octanol–water partition coefficient (Wildman–Crippen LogP) is 3.77. The fourth-order valence-electron chi connectivity index (χ4n) is 2.28. The number of H-pyrrole nitrogens is 1. The van der Waals surface area contributed by atoms with Crippen molar-refractivity contribution in [2.45, 2.75) is 24.3 Å². The van der Waals surface area contributed by atoms with Gasteiger partial charge in [0.1, 0.15) is 6.07 Å². The SMILES string of the molecule is Cc1ccc(-c2nc(S[C@H](C)C(=O)Nc3ccccc3C#N)n[nH]2)cc1. The number of amides is 1. The zero-order valence-corrected chi connectivity index (χ0v) is 15.2. The molecule has 1 heterocycles. The second kappa shape index (κ2) is 7.85. The molecule has 0 aliphatic carbocycles. The fourth-order valence-corrected chi connectivity index (χ4v) is 3.00. The number of aromatic amines is 1. The average molecular weight is 363 g/mol. The predicted molar refractivity (Wildman–Crippen MR) is 102 cm³/mol. The van der Waals surface area contributed by atoms with Crippen LogP contribution in [-0.2, 0) is 4.79 Å². The Balaban J connectivity index is 1.66. The van der Waals surface area contributed by atoms with Gasteiger partial charge in [0.25, 0.3) is 0 Å². The van der Waals surface area contributed by atoms with Crippen LogP contribution >= 0.6 is 11.8 Å².